The number of Topliss-reactive ketones (excluding diaryl/α,β-unsaturated/α-hetero) is 1. The summed E-state index contributed by atoms with van der Waals surface area (Å²) in [6, 6.07) is 19.0. The molecule has 1 aromatic heterocycles. The number of para-hydroxylation sites is 1. The summed E-state index contributed by atoms with van der Waals surface area (Å²) in [4.78, 5) is 26.5. The van der Waals surface area contributed by atoms with Crippen LogP contribution in [0.4, 0.5) is 0 Å². The monoisotopic (exact) mass is 435 g/mol. The lowest BCUT2D eigenvalue weighted by molar-refractivity contribution is 0.0980. The highest BCUT2D eigenvalue weighted by atomic mass is 16.3. The third-order valence-corrected chi connectivity index (χ3v) is 5.41. The summed E-state index contributed by atoms with van der Waals surface area (Å²) < 4.78 is 3.23. The van der Waals surface area contributed by atoms with Crippen molar-refractivity contribution in [2.75, 3.05) is 6.54 Å². The van der Waals surface area contributed by atoms with E-state index < -0.39 is 6.10 Å². The van der Waals surface area contributed by atoms with Crippen LogP contribution in [-0.2, 0) is 13.0 Å². The highest BCUT2D eigenvalue weighted by Crippen LogP contribution is 2.15. The van der Waals surface area contributed by atoms with E-state index in [1.165, 1.54) is 4.68 Å². The fourth-order valence-corrected chi connectivity index (χ4v) is 3.73. The normalized spacial score (nSPS) is 12.7. The van der Waals surface area contributed by atoms with Crippen molar-refractivity contribution < 1.29 is 9.90 Å². The molecule has 0 unspecified atom stereocenters. The zero-order chi connectivity index (χ0) is 23.3. The molecule has 0 saturated heterocycles. The number of carbonyl (C=O) groups is 1. The number of hydrogen-bond acceptors (Lipinski definition) is 4. The molecule has 0 bridgehead atoms. The third-order valence-electron chi connectivity index (χ3n) is 5.41. The van der Waals surface area contributed by atoms with E-state index in [1.54, 1.807) is 11.6 Å². The first-order valence-electron chi connectivity index (χ1n) is 11.1. The molecule has 0 aliphatic rings. The highest BCUT2D eigenvalue weighted by Gasteiger charge is 2.25. The Morgan fingerprint density at radius 3 is 2.22 bits per heavy atom. The second-order valence-corrected chi connectivity index (χ2v) is 9.19. The molecular weight excluding hydrogens is 402 g/mol. The number of aliphatic hydroxyl groups is 1. The Bertz CT molecular complexity index is 1090. The van der Waals surface area contributed by atoms with Gasteiger partial charge in [0.05, 0.1) is 18.3 Å². The zero-order valence-corrected chi connectivity index (χ0v) is 19.3. The van der Waals surface area contributed by atoms with Crippen molar-refractivity contribution in [3.05, 3.63) is 87.8 Å². The van der Waals surface area contributed by atoms with Crippen molar-refractivity contribution in [2.24, 2.45) is 0 Å². The van der Waals surface area contributed by atoms with Gasteiger partial charge >= 0.3 is 0 Å². The molecule has 2 aromatic carbocycles. The minimum Gasteiger partial charge on any atom is -0.390 e. The van der Waals surface area contributed by atoms with E-state index in [0.29, 0.717) is 24.3 Å². The summed E-state index contributed by atoms with van der Waals surface area (Å²) in [7, 11) is 0. The number of benzene rings is 2. The molecule has 0 radical (unpaired) electrons. The first-order chi connectivity index (χ1) is 15.2. The number of rotatable bonds is 9. The maximum Gasteiger partial charge on any atom is 0.282 e. The lowest BCUT2D eigenvalue weighted by Gasteiger charge is -2.24. The molecule has 0 spiro atoms. The first kappa shape index (κ1) is 23.7. The molecule has 0 amide bonds. The van der Waals surface area contributed by atoms with Crippen molar-refractivity contribution in [3.63, 3.8) is 0 Å². The average Bonchev–Trinajstić information content (AvgIpc) is 3.01. The molecule has 0 aliphatic carbocycles. The number of carbonyl (C=O) groups excluding carboxylic acids is 1. The standard InChI is InChI=1S/C26H33N3O3/c1-19-24(23(31)16-15-20-11-7-5-8-12-20)25(32)29(21-13-9-6-10-14-21)28(19)18-22(30)17-27-26(2,3)4/h5-14,22,27,30H,15-18H2,1-4H3/t22-/m1/s1. The Hall–Kier alpha value is -2.96. The summed E-state index contributed by atoms with van der Waals surface area (Å²) in [5, 5.41) is 14.0. The summed E-state index contributed by atoms with van der Waals surface area (Å²) in [5.74, 6) is -0.179. The van der Waals surface area contributed by atoms with E-state index in [2.05, 4.69) is 5.32 Å². The highest BCUT2D eigenvalue weighted by molar-refractivity contribution is 5.97. The Labute approximate surface area is 189 Å². The van der Waals surface area contributed by atoms with Crippen LogP contribution >= 0.6 is 0 Å². The van der Waals surface area contributed by atoms with Gasteiger partial charge in [-0.25, -0.2) is 4.68 Å². The summed E-state index contributed by atoms with van der Waals surface area (Å²) in [6.45, 7) is 8.45. The SMILES string of the molecule is Cc1c(C(=O)CCc2ccccc2)c(=O)n(-c2ccccc2)n1C[C@H](O)CNC(C)(C)C. The van der Waals surface area contributed by atoms with Gasteiger partial charge in [0, 0.05) is 24.2 Å². The molecule has 32 heavy (non-hydrogen) atoms. The average molecular weight is 436 g/mol. The number of nitrogens with one attached hydrogen (secondary N) is 1. The van der Waals surface area contributed by atoms with Crippen LogP contribution in [0, 0.1) is 6.92 Å². The molecule has 1 heterocycles. The van der Waals surface area contributed by atoms with E-state index in [9.17, 15) is 14.7 Å². The number of hydrogen-bond donors (Lipinski definition) is 2. The van der Waals surface area contributed by atoms with Crippen molar-refractivity contribution >= 4 is 5.78 Å². The maximum absolute atomic E-state index is 13.4. The van der Waals surface area contributed by atoms with Crippen LogP contribution in [0.15, 0.2) is 65.5 Å². The fourth-order valence-electron chi connectivity index (χ4n) is 3.73. The fraction of sp³-hybridized carbons (Fsp3) is 0.385. The number of nitrogens with zero attached hydrogens (tertiary/aromatic N) is 2. The second-order valence-electron chi connectivity index (χ2n) is 9.19. The quantitative estimate of drug-likeness (QED) is 0.505. The number of aryl methyl sites for hydroxylation is 1. The van der Waals surface area contributed by atoms with Gasteiger partial charge in [-0.1, -0.05) is 48.5 Å². The molecule has 0 fully saturated rings. The Morgan fingerprint density at radius 1 is 1.03 bits per heavy atom. The van der Waals surface area contributed by atoms with Gasteiger partial charge in [-0.2, -0.15) is 0 Å². The number of aromatic nitrogens is 2. The Balaban J connectivity index is 1.93. The molecule has 3 aromatic rings. The van der Waals surface area contributed by atoms with Crippen LogP contribution in [0.3, 0.4) is 0 Å². The molecule has 0 aliphatic heterocycles. The predicted molar refractivity (Wildman–Crippen MR) is 128 cm³/mol. The molecule has 6 heteroatoms. The Morgan fingerprint density at radius 2 is 1.62 bits per heavy atom. The van der Waals surface area contributed by atoms with Crippen molar-refractivity contribution in [2.45, 2.75) is 58.7 Å². The molecule has 1 atom stereocenters. The maximum atomic E-state index is 13.4. The van der Waals surface area contributed by atoms with Gasteiger partial charge in [0.25, 0.3) is 5.56 Å². The van der Waals surface area contributed by atoms with Crippen LogP contribution < -0.4 is 10.9 Å². The minimum absolute atomic E-state index is 0.135. The van der Waals surface area contributed by atoms with E-state index >= 15 is 0 Å². The summed E-state index contributed by atoms with van der Waals surface area (Å²) in [5.41, 5.74) is 2.02. The molecule has 0 saturated carbocycles. The van der Waals surface area contributed by atoms with E-state index in [0.717, 1.165) is 5.56 Å². The lowest BCUT2D eigenvalue weighted by Crippen LogP contribution is -2.42. The largest absolute Gasteiger partial charge is 0.390 e. The van der Waals surface area contributed by atoms with Crippen molar-refractivity contribution in [1.82, 2.24) is 14.7 Å². The molecule has 6 nitrogen and oxygen atoms in total. The van der Waals surface area contributed by atoms with Gasteiger partial charge in [0.2, 0.25) is 0 Å². The molecule has 2 N–H and O–H groups in total. The van der Waals surface area contributed by atoms with Crippen LogP contribution in [0.2, 0.25) is 0 Å². The minimum atomic E-state index is -0.720. The van der Waals surface area contributed by atoms with Crippen LogP contribution in [0.25, 0.3) is 5.69 Å². The third kappa shape index (κ3) is 5.84. The number of β-amino-alcohol motifs (C(OH)–C–C–N with tert-alkyl or cyclic N) is 1. The second kappa shape index (κ2) is 10.1. The predicted octanol–water partition coefficient (Wildman–Crippen LogP) is 3.51. The molecule has 3 rings (SSSR count). The van der Waals surface area contributed by atoms with E-state index in [-0.39, 0.29) is 35.4 Å². The van der Waals surface area contributed by atoms with Gasteiger partial charge in [-0.05, 0) is 51.8 Å². The van der Waals surface area contributed by atoms with Gasteiger partial charge in [-0.15, -0.1) is 0 Å². The van der Waals surface area contributed by atoms with Gasteiger partial charge in [-0.3, -0.25) is 14.3 Å². The molecule has 170 valence electrons. The van der Waals surface area contributed by atoms with Gasteiger partial charge in [0.15, 0.2) is 5.78 Å². The number of ketones is 1. The summed E-state index contributed by atoms with van der Waals surface area (Å²) in [6.07, 6.45) is 0.113. The van der Waals surface area contributed by atoms with Crippen molar-refractivity contribution in [1.29, 1.82) is 0 Å². The van der Waals surface area contributed by atoms with Crippen LogP contribution in [0.5, 0.6) is 0 Å². The number of aliphatic hydroxyl groups excluding tert-OH is 1. The van der Waals surface area contributed by atoms with Crippen molar-refractivity contribution in [3.8, 4) is 5.69 Å². The van der Waals surface area contributed by atoms with Gasteiger partial charge in [0.1, 0.15) is 5.56 Å². The molecular formula is C26H33N3O3. The van der Waals surface area contributed by atoms with Crippen LogP contribution in [0.1, 0.15) is 48.8 Å². The van der Waals surface area contributed by atoms with E-state index in [1.807, 2.05) is 81.4 Å². The summed E-state index contributed by atoms with van der Waals surface area (Å²) >= 11 is 0. The zero-order valence-electron chi connectivity index (χ0n) is 19.3. The van der Waals surface area contributed by atoms with E-state index in [4.69, 9.17) is 0 Å². The topological polar surface area (TPSA) is 76.3 Å². The lowest BCUT2D eigenvalue weighted by atomic mass is 10.0. The Kier molecular flexibility index (Phi) is 7.48. The first-order valence-corrected chi connectivity index (χ1v) is 11.1. The van der Waals surface area contributed by atoms with Crippen LogP contribution in [-0.4, -0.2) is 38.4 Å². The van der Waals surface area contributed by atoms with Gasteiger partial charge < -0.3 is 10.4 Å². The smallest absolute Gasteiger partial charge is 0.282 e.